The Balaban J connectivity index is 1.60. The SMILES string of the molecule is Cc1cc(OC[C@]2(O)COCCN(CC3(O)CCCCC3)C2)ccc1F. The minimum atomic E-state index is -1.16. The van der Waals surface area contributed by atoms with Gasteiger partial charge in [0.1, 0.15) is 23.8 Å². The molecule has 1 saturated carbocycles. The van der Waals surface area contributed by atoms with Crippen molar-refractivity contribution in [3.8, 4) is 5.75 Å². The lowest BCUT2D eigenvalue weighted by atomic mass is 9.84. The van der Waals surface area contributed by atoms with Crippen LogP contribution in [0.4, 0.5) is 4.39 Å². The fourth-order valence-electron chi connectivity index (χ4n) is 3.93. The third-order valence-corrected chi connectivity index (χ3v) is 5.38. The van der Waals surface area contributed by atoms with Crippen LogP contribution >= 0.6 is 0 Å². The molecule has 1 aromatic carbocycles. The number of benzene rings is 1. The lowest BCUT2D eigenvalue weighted by Crippen LogP contribution is -2.53. The lowest BCUT2D eigenvalue weighted by molar-refractivity contribution is -0.0759. The van der Waals surface area contributed by atoms with E-state index in [4.69, 9.17) is 9.47 Å². The first kappa shape index (κ1) is 19.5. The molecule has 1 aliphatic carbocycles. The van der Waals surface area contributed by atoms with Crippen molar-refractivity contribution in [1.82, 2.24) is 4.90 Å². The average molecular weight is 367 g/mol. The first-order chi connectivity index (χ1) is 12.4. The summed E-state index contributed by atoms with van der Waals surface area (Å²) in [4.78, 5) is 2.08. The van der Waals surface area contributed by atoms with E-state index in [-0.39, 0.29) is 19.0 Å². The molecule has 2 aliphatic rings. The third-order valence-electron chi connectivity index (χ3n) is 5.38. The zero-order chi connectivity index (χ0) is 18.6. The van der Waals surface area contributed by atoms with Gasteiger partial charge in [-0.25, -0.2) is 4.39 Å². The van der Waals surface area contributed by atoms with E-state index in [0.29, 0.717) is 37.6 Å². The second kappa shape index (κ2) is 8.21. The molecule has 1 aliphatic heterocycles. The number of ether oxygens (including phenoxy) is 2. The highest BCUT2D eigenvalue weighted by molar-refractivity contribution is 5.28. The highest BCUT2D eigenvalue weighted by atomic mass is 19.1. The molecule has 26 heavy (non-hydrogen) atoms. The fraction of sp³-hybridized carbons (Fsp3) is 0.700. The van der Waals surface area contributed by atoms with Gasteiger partial charge in [0.15, 0.2) is 0 Å². The molecule has 2 N–H and O–H groups in total. The Labute approximate surface area is 154 Å². The molecule has 1 aromatic rings. The largest absolute Gasteiger partial charge is 0.490 e. The fourth-order valence-corrected chi connectivity index (χ4v) is 3.93. The minimum Gasteiger partial charge on any atom is -0.490 e. The zero-order valence-electron chi connectivity index (χ0n) is 15.5. The summed E-state index contributed by atoms with van der Waals surface area (Å²) in [6.45, 7) is 4.06. The maximum Gasteiger partial charge on any atom is 0.134 e. The van der Waals surface area contributed by atoms with E-state index in [1.807, 2.05) is 0 Å². The van der Waals surface area contributed by atoms with E-state index in [9.17, 15) is 14.6 Å². The Bertz CT molecular complexity index is 605. The summed E-state index contributed by atoms with van der Waals surface area (Å²) in [5.74, 6) is 0.250. The third kappa shape index (κ3) is 5.16. The summed E-state index contributed by atoms with van der Waals surface area (Å²) in [6.07, 6.45) is 4.92. The van der Waals surface area contributed by atoms with Crippen LogP contribution in [-0.2, 0) is 4.74 Å². The molecule has 1 atom stereocenters. The smallest absolute Gasteiger partial charge is 0.134 e. The number of hydrogen-bond donors (Lipinski definition) is 2. The van der Waals surface area contributed by atoms with Gasteiger partial charge in [-0.3, -0.25) is 4.90 Å². The van der Waals surface area contributed by atoms with Crippen molar-refractivity contribution in [2.45, 2.75) is 50.2 Å². The van der Waals surface area contributed by atoms with Gasteiger partial charge in [-0.15, -0.1) is 0 Å². The first-order valence-corrected chi connectivity index (χ1v) is 9.51. The van der Waals surface area contributed by atoms with Crippen LogP contribution in [0.2, 0.25) is 0 Å². The number of nitrogens with zero attached hydrogens (tertiary/aromatic N) is 1. The topological polar surface area (TPSA) is 62.2 Å². The Morgan fingerprint density at radius 2 is 1.96 bits per heavy atom. The van der Waals surface area contributed by atoms with Crippen LogP contribution in [0.5, 0.6) is 5.75 Å². The van der Waals surface area contributed by atoms with Crippen molar-refractivity contribution in [3.63, 3.8) is 0 Å². The van der Waals surface area contributed by atoms with Crippen LogP contribution in [0, 0.1) is 12.7 Å². The molecule has 146 valence electrons. The van der Waals surface area contributed by atoms with Crippen LogP contribution < -0.4 is 4.74 Å². The first-order valence-electron chi connectivity index (χ1n) is 9.51. The summed E-state index contributed by atoms with van der Waals surface area (Å²) >= 11 is 0. The molecule has 0 bridgehead atoms. The molecule has 0 spiro atoms. The maximum absolute atomic E-state index is 13.4. The number of β-amino-alcohol motifs (C(OH)–C–C–N with tert-alkyl or cyclic N) is 2. The molecule has 0 aromatic heterocycles. The standard InChI is InChI=1S/C20H30FNO4/c1-16-11-17(5-6-18(16)21)26-15-20(24)13-22(9-10-25-14-20)12-19(23)7-3-2-4-8-19/h5-6,11,23-24H,2-4,7-10,12-15H2,1H3/t20-/m1/s1. The molecule has 5 nitrogen and oxygen atoms in total. The Kier molecular flexibility index (Phi) is 6.17. The van der Waals surface area contributed by atoms with Gasteiger partial charge >= 0.3 is 0 Å². The molecule has 0 amide bonds. The second-order valence-corrected chi connectivity index (χ2v) is 7.97. The lowest BCUT2D eigenvalue weighted by Gasteiger charge is -2.38. The van der Waals surface area contributed by atoms with Gasteiger partial charge < -0.3 is 19.7 Å². The highest BCUT2D eigenvalue weighted by Gasteiger charge is 2.38. The average Bonchev–Trinajstić information content (AvgIpc) is 2.78. The molecular weight excluding hydrogens is 337 g/mol. The van der Waals surface area contributed by atoms with E-state index in [1.165, 1.54) is 12.5 Å². The van der Waals surface area contributed by atoms with E-state index in [1.54, 1.807) is 19.1 Å². The van der Waals surface area contributed by atoms with E-state index >= 15 is 0 Å². The minimum absolute atomic E-state index is 0.0625. The molecule has 1 saturated heterocycles. The summed E-state index contributed by atoms with van der Waals surface area (Å²) in [6, 6.07) is 4.55. The van der Waals surface area contributed by atoms with Gasteiger partial charge in [0.05, 0.1) is 18.8 Å². The Morgan fingerprint density at radius 3 is 2.69 bits per heavy atom. The summed E-state index contributed by atoms with van der Waals surface area (Å²) < 4.78 is 24.7. The monoisotopic (exact) mass is 367 g/mol. The van der Waals surface area contributed by atoms with Gasteiger partial charge in [-0.1, -0.05) is 19.3 Å². The van der Waals surface area contributed by atoms with Crippen molar-refractivity contribution in [3.05, 3.63) is 29.6 Å². The van der Waals surface area contributed by atoms with Gasteiger partial charge in [0.2, 0.25) is 0 Å². The van der Waals surface area contributed by atoms with Gasteiger partial charge in [0, 0.05) is 19.6 Å². The van der Waals surface area contributed by atoms with Gasteiger partial charge in [0.25, 0.3) is 0 Å². The summed E-state index contributed by atoms with van der Waals surface area (Å²) in [7, 11) is 0. The Hall–Kier alpha value is -1.21. The summed E-state index contributed by atoms with van der Waals surface area (Å²) in [5, 5.41) is 21.8. The van der Waals surface area contributed by atoms with Crippen molar-refractivity contribution < 1.29 is 24.1 Å². The normalized spacial score (nSPS) is 27.1. The van der Waals surface area contributed by atoms with Crippen LogP contribution in [0.25, 0.3) is 0 Å². The molecule has 0 radical (unpaired) electrons. The second-order valence-electron chi connectivity index (χ2n) is 7.97. The van der Waals surface area contributed by atoms with Crippen LogP contribution in [0.3, 0.4) is 0 Å². The molecular formula is C20H30FNO4. The Morgan fingerprint density at radius 1 is 1.19 bits per heavy atom. The predicted molar refractivity (Wildman–Crippen MR) is 96.9 cm³/mol. The predicted octanol–water partition coefficient (Wildman–Crippen LogP) is 2.27. The van der Waals surface area contributed by atoms with E-state index in [0.717, 1.165) is 25.7 Å². The number of aryl methyl sites for hydroxylation is 1. The zero-order valence-corrected chi connectivity index (χ0v) is 15.5. The van der Waals surface area contributed by atoms with Crippen LogP contribution in [-0.4, -0.2) is 65.8 Å². The van der Waals surface area contributed by atoms with Crippen molar-refractivity contribution in [2.24, 2.45) is 0 Å². The van der Waals surface area contributed by atoms with Crippen molar-refractivity contribution in [2.75, 3.05) is 39.5 Å². The maximum atomic E-state index is 13.4. The number of halogens is 1. The number of hydrogen-bond acceptors (Lipinski definition) is 5. The molecule has 3 rings (SSSR count). The molecule has 6 heteroatoms. The number of aliphatic hydroxyl groups is 2. The summed E-state index contributed by atoms with van der Waals surface area (Å²) in [5.41, 5.74) is -1.32. The quantitative estimate of drug-likeness (QED) is 0.836. The van der Waals surface area contributed by atoms with Crippen molar-refractivity contribution in [1.29, 1.82) is 0 Å². The van der Waals surface area contributed by atoms with E-state index in [2.05, 4.69) is 4.90 Å². The van der Waals surface area contributed by atoms with Crippen LogP contribution in [0.15, 0.2) is 18.2 Å². The van der Waals surface area contributed by atoms with E-state index < -0.39 is 11.2 Å². The number of rotatable bonds is 5. The molecule has 2 fully saturated rings. The van der Waals surface area contributed by atoms with Gasteiger partial charge in [-0.2, -0.15) is 0 Å². The van der Waals surface area contributed by atoms with Crippen LogP contribution in [0.1, 0.15) is 37.7 Å². The molecule has 1 heterocycles. The highest BCUT2D eigenvalue weighted by Crippen LogP contribution is 2.29. The molecule has 0 unspecified atom stereocenters. The van der Waals surface area contributed by atoms with Crippen molar-refractivity contribution >= 4 is 0 Å². The van der Waals surface area contributed by atoms with Gasteiger partial charge in [-0.05, 0) is 43.5 Å².